The fourth-order valence-corrected chi connectivity index (χ4v) is 3.92. The zero-order valence-electron chi connectivity index (χ0n) is 12.3. The smallest absolute Gasteiger partial charge is 0.224 e. The summed E-state index contributed by atoms with van der Waals surface area (Å²) >= 11 is 1.65. The van der Waals surface area contributed by atoms with E-state index in [0.717, 1.165) is 33.8 Å². The summed E-state index contributed by atoms with van der Waals surface area (Å²) in [6.07, 6.45) is 5.03. The van der Waals surface area contributed by atoms with Gasteiger partial charge < -0.3 is 11.1 Å². The van der Waals surface area contributed by atoms with Crippen LogP contribution < -0.4 is 11.1 Å². The highest BCUT2D eigenvalue weighted by Crippen LogP contribution is 2.27. The first-order chi connectivity index (χ1) is 10.1. The van der Waals surface area contributed by atoms with Crippen molar-refractivity contribution >= 4 is 33.1 Å². The molecule has 2 atom stereocenters. The van der Waals surface area contributed by atoms with E-state index in [1.165, 1.54) is 12.8 Å². The highest BCUT2D eigenvalue weighted by atomic mass is 32.1. The second kappa shape index (κ2) is 6.12. The summed E-state index contributed by atoms with van der Waals surface area (Å²) in [4.78, 5) is 16.6. The Kier molecular flexibility index (Phi) is 4.22. The van der Waals surface area contributed by atoms with Gasteiger partial charge in [0.15, 0.2) is 0 Å². The van der Waals surface area contributed by atoms with Crippen LogP contribution in [0.3, 0.4) is 0 Å². The van der Waals surface area contributed by atoms with Crippen molar-refractivity contribution in [1.82, 2.24) is 4.98 Å². The molecule has 4 nitrogen and oxygen atoms in total. The van der Waals surface area contributed by atoms with Crippen molar-refractivity contribution < 1.29 is 4.79 Å². The van der Waals surface area contributed by atoms with Gasteiger partial charge in [0, 0.05) is 18.2 Å². The predicted octanol–water partition coefficient (Wildman–Crippen LogP) is 3.45. The molecule has 1 aliphatic carbocycles. The van der Waals surface area contributed by atoms with Crippen molar-refractivity contribution in [1.29, 1.82) is 0 Å². The molecule has 0 spiro atoms. The number of carbonyl (C=O) groups excluding carboxylic acids is 1. The number of nitrogens with two attached hydrogens (primary N) is 1. The van der Waals surface area contributed by atoms with E-state index in [9.17, 15) is 4.79 Å². The van der Waals surface area contributed by atoms with Gasteiger partial charge in [-0.15, -0.1) is 11.3 Å². The monoisotopic (exact) mass is 303 g/mol. The molecular formula is C16H21N3OS. The largest absolute Gasteiger partial charge is 0.327 e. The molecule has 1 saturated carbocycles. The molecule has 1 fully saturated rings. The lowest BCUT2D eigenvalue weighted by Gasteiger charge is -2.27. The molecular weight excluding hydrogens is 282 g/mol. The maximum absolute atomic E-state index is 12.2. The Labute approximate surface area is 128 Å². The van der Waals surface area contributed by atoms with Crippen LogP contribution in [-0.2, 0) is 4.79 Å². The van der Waals surface area contributed by atoms with Gasteiger partial charge in [0.25, 0.3) is 0 Å². The van der Waals surface area contributed by atoms with E-state index in [4.69, 9.17) is 5.73 Å². The maximum Gasteiger partial charge on any atom is 0.224 e. The van der Waals surface area contributed by atoms with Gasteiger partial charge in [-0.2, -0.15) is 0 Å². The molecule has 1 aromatic carbocycles. The summed E-state index contributed by atoms with van der Waals surface area (Å²) in [7, 11) is 0. The number of nitrogens with one attached hydrogen (secondary N) is 1. The number of rotatable bonds is 3. The van der Waals surface area contributed by atoms with Crippen LogP contribution in [0.4, 0.5) is 5.69 Å². The number of benzene rings is 1. The summed E-state index contributed by atoms with van der Waals surface area (Å²) in [5.41, 5.74) is 7.95. The quantitative estimate of drug-likeness (QED) is 0.912. The predicted molar refractivity (Wildman–Crippen MR) is 87.5 cm³/mol. The zero-order chi connectivity index (χ0) is 14.8. The fraction of sp³-hybridized carbons (Fsp3) is 0.500. The van der Waals surface area contributed by atoms with Gasteiger partial charge >= 0.3 is 0 Å². The Balaban J connectivity index is 1.65. The molecule has 3 rings (SSSR count). The Morgan fingerprint density at radius 1 is 1.43 bits per heavy atom. The molecule has 21 heavy (non-hydrogen) atoms. The number of amides is 1. The topological polar surface area (TPSA) is 68.0 Å². The molecule has 2 aromatic rings. The Morgan fingerprint density at radius 2 is 2.24 bits per heavy atom. The van der Waals surface area contributed by atoms with Gasteiger partial charge in [-0.25, -0.2) is 4.98 Å². The van der Waals surface area contributed by atoms with E-state index in [1.54, 1.807) is 11.3 Å². The summed E-state index contributed by atoms with van der Waals surface area (Å²) in [6.45, 7) is 1.99. The van der Waals surface area contributed by atoms with Gasteiger partial charge in [0.05, 0.1) is 15.2 Å². The van der Waals surface area contributed by atoms with Gasteiger partial charge in [-0.3, -0.25) is 4.79 Å². The second-order valence-corrected chi connectivity index (χ2v) is 7.11. The van der Waals surface area contributed by atoms with Gasteiger partial charge in [0.1, 0.15) is 0 Å². The number of fused-ring (bicyclic) bond motifs is 1. The minimum atomic E-state index is 0.0675. The molecule has 3 N–H and O–H groups in total. The molecule has 0 bridgehead atoms. The van der Waals surface area contributed by atoms with Crippen LogP contribution >= 0.6 is 11.3 Å². The van der Waals surface area contributed by atoms with E-state index in [1.807, 2.05) is 25.1 Å². The molecule has 0 saturated heterocycles. The van der Waals surface area contributed by atoms with Gasteiger partial charge in [0.2, 0.25) is 5.91 Å². The molecule has 112 valence electrons. The second-order valence-electron chi connectivity index (χ2n) is 5.88. The normalized spacial score (nSPS) is 22.4. The lowest BCUT2D eigenvalue weighted by Crippen LogP contribution is -2.35. The van der Waals surface area contributed by atoms with Gasteiger partial charge in [-0.1, -0.05) is 12.8 Å². The Hall–Kier alpha value is -1.46. The molecule has 0 radical (unpaired) electrons. The van der Waals surface area contributed by atoms with Crippen molar-refractivity contribution in [3.8, 4) is 0 Å². The fourth-order valence-electron chi connectivity index (χ4n) is 3.06. The van der Waals surface area contributed by atoms with E-state index in [0.29, 0.717) is 12.3 Å². The molecule has 1 aromatic heterocycles. The number of hydrogen-bond acceptors (Lipinski definition) is 4. The maximum atomic E-state index is 12.2. The SMILES string of the molecule is Cc1nc2ccc(NC(=O)CC3CCCCC3N)cc2s1. The van der Waals surface area contributed by atoms with E-state index in [-0.39, 0.29) is 11.9 Å². The molecule has 1 aliphatic rings. The highest BCUT2D eigenvalue weighted by molar-refractivity contribution is 7.18. The van der Waals surface area contributed by atoms with E-state index in [2.05, 4.69) is 10.3 Å². The van der Waals surface area contributed by atoms with Crippen molar-refractivity contribution in [3.63, 3.8) is 0 Å². The van der Waals surface area contributed by atoms with Crippen LogP contribution in [0.5, 0.6) is 0 Å². The molecule has 1 amide bonds. The molecule has 0 aliphatic heterocycles. The van der Waals surface area contributed by atoms with E-state index < -0.39 is 0 Å². The highest BCUT2D eigenvalue weighted by Gasteiger charge is 2.24. The number of aromatic nitrogens is 1. The first kappa shape index (κ1) is 14.5. The van der Waals surface area contributed by atoms with Crippen molar-refractivity contribution in [3.05, 3.63) is 23.2 Å². The average Bonchev–Trinajstić information content (AvgIpc) is 2.80. The summed E-state index contributed by atoms with van der Waals surface area (Å²) < 4.78 is 1.11. The summed E-state index contributed by atoms with van der Waals surface area (Å²) in [5.74, 6) is 0.395. The van der Waals surface area contributed by atoms with Crippen LogP contribution in [0.15, 0.2) is 18.2 Å². The summed E-state index contributed by atoms with van der Waals surface area (Å²) in [6, 6.07) is 6.05. The molecule has 2 unspecified atom stereocenters. The third-order valence-corrected chi connectivity index (χ3v) is 5.13. The van der Waals surface area contributed by atoms with Crippen molar-refractivity contribution in [2.45, 2.75) is 45.1 Å². The minimum absolute atomic E-state index is 0.0675. The number of thiazole rings is 1. The van der Waals surface area contributed by atoms with Gasteiger partial charge in [-0.05, 0) is 43.9 Å². The molecule has 1 heterocycles. The van der Waals surface area contributed by atoms with Crippen molar-refractivity contribution in [2.75, 3.05) is 5.32 Å². The minimum Gasteiger partial charge on any atom is -0.327 e. The first-order valence-electron chi connectivity index (χ1n) is 7.54. The number of anilines is 1. The Morgan fingerprint density at radius 3 is 3.05 bits per heavy atom. The first-order valence-corrected chi connectivity index (χ1v) is 8.36. The number of carbonyl (C=O) groups is 1. The van der Waals surface area contributed by atoms with E-state index >= 15 is 0 Å². The van der Waals surface area contributed by atoms with Crippen LogP contribution in [0.2, 0.25) is 0 Å². The number of hydrogen-bond donors (Lipinski definition) is 2. The number of aryl methyl sites for hydroxylation is 1. The van der Waals surface area contributed by atoms with Crippen LogP contribution in [0.1, 0.15) is 37.1 Å². The van der Waals surface area contributed by atoms with Crippen LogP contribution in [0, 0.1) is 12.8 Å². The third kappa shape index (κ3) is 3.41. The standard InChI is InChI=1S/C16H21N3OS/c1-10-18-14-7-6-12(9-15(14)21-10)19-16(20)8-11-4-2-3-5-13(11)17/h6-7,9,11,13H,2-5,8,17H2,1H3,(H,19,20). The number of nitrogens with zero attached hydrogens (tertiary/aromatic N) is 1. The Bertz CT molecular complexity index is 652. The zero-order valence-corrected chi connectivity index (χ0v) is 13.1. The lowest BCUT2D eigenvalue weighted by atomic mass is 9.83. The average molecular weight is 303 g/mol. The van der Waals surface area contributed by atoms with Crippen LogP contribution in [-0.4, -0.2) is 16.9 Å². The lowest BCUT2D eigenvalue weighted by molar-refractivity contribution is -0.117. The molecule has 5 heteroatoms. The summed E-state index contributed by atoms with van der Waals surface area (Å²) in [5, 5.41) is 4.04. The van der Waals surface area contributed by atoms with Crippen LogP contribution in [0.25, 0.3) is 10.2 Å². The third-order valence-electron chi connectivity index (χ3n) is 4.19. The van der Waals surface area contributed by atoms with Crippen molar-refractivity contribution in [2.24, 2.45) is 11.7 Å².